The third-order valence-electron chi connectivity index (χ3n) is 3.66. The lowest BCUT2D eigenvalue weighted by Crippen LogP contribution is -2.21. The summed E-state index contributed by atoms with van der Waals surface area (Å²) in [5.74, 6) is 0.824. The molecule has 0 amide bonds. The van der Waals surface area contributed by atoms with Crippen LogP contribution in [-0.2, 0) is 5.41 Å². The van der Waals surface area contributed by atoms with Crippen molar-refractivity contribution in [2.75, 3.05) is 0 Å². The van der Waals surface area contributed by atoms with Crippen LogP contribution in [0.2, 0.25) is 0 Å². The van der Waals surface area contributed by atoms with Crippen molar-refractivity contribution in [1.82, 2.24) is 0 Å². The summed E-state index contributed by atoms with van der Waals surface area (Å²) in [6.45, 7) is 3.92. The van der Waals surface area contributed by atoms with Crippen molar-refractivity contribution in [3.05, 3.63) is 53.3 Å². The first kappa shape index (κ1) is 20.3. The number of hydrogen-bond donors (Lipinski definition) is 0. The molecule has 8 heteroatoms. The Morgan fingerprint density at radius 3 is 1.44 bits per heavy atom. The molecule has 0 unspecified atom stereocenters. The normalized spacial score (nSPS) is 10.7. The van der Waals surface area contributed by atoms with Crippen LogP contribution < -0.4 is 9.47 Å². The second-order valence-electron chi connectivity index (χ2n) is 5.54. The first-order chi connectivity index (χ1) is 11.7. The number of halogens is 4. The summed E-state index contributed by atoms with van der Waals surface area (Å²) in [5, 5.41) is 18.0. The summed E-state index contributed by atoms with van der Waals surface area (Å²) in [4.78, 5) is 0. The Balaban J connectivity index is 2.81. The predicted molar refractivity (Wildman–Crippen MR) is 108 cm³/mol. The second kappa shape index (κ2) is 8.09. The number of ether oxygens (including phenoxy) is 2. The van der Waals surface area contributed by atoms with Crippen molar-refractivity contribution in [1.29, 1.82) is 10.5 Å². The lowest BCUT2D eigenvalue weighted by atomic mass is 9.77. The summed E-state index contributed by atoms with van der Waals surface area (Å²) < 4.78 is 13.3. The average molecular weight is 594 g/mol. The van der Waals surface area contributed by atoms with E-state index >= 15 is 0 Å². The van der Waals surface area contributed by atoms with Crippen LogP contribution in [0.4, 0.5) is 0 Å². The van der Waals surface area contributed by atoms with Gasteiger partial charge in [-0.05, 0) is 56.1 Å². The van der Waals surface area contributed by atoms with Crippen molar-refractivity contribution >= 4 is 63.7 Å². The summed E-state index contributed by atoms with van der Waals surface area (Å²) in [6.07, 6.45) is 3.45. The fraction of sp³-hybridized carbons (Fsp3) is 0.176. The van der Waals surface area contributed by atoms with E-state index in [0.29, 0.717) is 20.4 Å². The van der Waals surface area contributed by atoms with Gasteiger partial charge in [-0.3, -0.25) is 0 Å². The molecule has 0 fully saturated rings. The molecule has 2 aromatic carbocycles. The minimum Gasteiger partial charge on any atom is -0.386 e. The van der Waals surface area contributed by atoms with Gasteiger partial charge in [0.1, 0.15) is 0 Å². The van der Waals surface area contributed by atoms with Gasteiger partial charge in [0.2, 0.25) is 0 Å². The molecule has 0 aliphatic rings. The topological polar surface area (TPSA) is 66.0 Å². The van der Waals surface area contributed by atoms with Crippen LogP contribution in [0.15, 0.2) is 42.2 Å². The van der Waals surface area contributed by atoms with Gasteiger partial charge in [0.25, 0.3) is 12.5 Å². The van der Waals surface area contributed by atoms with Crippen LogP contribution in [0.25, 0.3) is 0 Å². The highest BCUT2D eigenvalue weighted by atomic mass is 79.9. The summed E-state index contributed by atoms with van der Waals surface area (Å²) in [7, 11) is 0. The van der Waals surface area contributed by atoms with Crippen LogP contribution in [0.5, 0.6) is 11.5 Å². The molecule has 2 rings (SSSR count). The van der Waals surface area contributed by atoms with E-state index in [1.165, 1.54) is 0 Å². The second-order valence-corrected chi connectivity index (χ2v) is 9.08. The molecule has 128 valence electrons. The Labute approximate surface area is 179 Å². The van der Waals surface area contributed by atoms with E-state index in [4.69, 9.17) is 20.0 Å². The van der Waals surface area contributed by atoms with Crippen LogP contribution in [0, 0.1) is 23.0 Å². The van der Waals surface area contributed by atoms with Gasteiger partial charge in [-0.15, -0.1) is 10.5 Å². The van der Waals surface area contributed by atoms with Gasteiger partial charge in [0, 0.05) is 25.5 Å². The average Bonchev–Trinajstić information content (AvgIpc) is 2.52. The lowest BCUT2D eigenvalue weighted by Gasteiger charge is -2.29. The van der Waals surface area contributed by atoms with E-state index in [9.17, 15) is 0 Å². The third kappa shape index (κ3) is 4.20. The highest BCUT2D eigenvalue weighted by Gasteiger charge is 2.33. The zero-order chi connectivity index (χ0) is 18.8. The molecule has 0 bridgehead atoms. The molecule has 0 atom stereocenters. The zero-order valence-corrected chi connectivity index (χ0v) is 19.4. The molecule has 0 aliphatic heterocycles. The molecular weight excluding hydrogens is 584 g/mol. The Kier molecular flexibility index (Phi) is 6.56. The van der Waals surface area contributed by atoms with Crippen molar-refractivity contribution in [3.63, 3.8) is 0 Å². The molecule has 0 aliphatic carbocycles. The summed E-state index contributed by atoms with van der Waals surface area (Å²) in [5.41, 5.74) is 0.864. The van der Waals surface area contributed by atoms with E-state index in [0.717, 1.165) is 20.1 Å². The molecule has 25 heavy (non-hydrogen) atoms. The first-order valence-corrected chi connectivity index (χ1v) is 10.0. The van der Waals surface area contributed by atoms with Crippen LogP contribution in [0.3, 0.4) is 0 Å². The fourth-order valence-corrected chi connectivity index (χ4v) is 5.11. The third-order valence-corrected chi connectivity index (χ3v) is 5.75. The minimum atomic E-state index is -0.642. The summed E-state index contributed by atoms with van der Waals surface area (Å²) in [6, 6.07) is 7.36. The van der Waals surface area contributed by atoms with Crippen molar-refractivity contribution in [2.45, 2.75) is 19.3 Å². The van der Waals surface area contributed by atoms with Gasteiger partial charge in [-0.25, -0.2) is 0 Å². The SMILES string of the molecule is CC(C)(c1cc(Br)cc(Br)c1OC#N)c1cc(Br)cc(Br)c1OC#N. The maximum atomic E-state index is 9.01. The van der Waals surface area contributed by atoms with E-state index < -0.39 is 5.41 Å². The maximum absolute atomic E-state index is 9.01. The number of hydrogen-bond acceptors (Lipinski definition) is 4. The van der Waals surface area contributed by atoms with Gasteiger partial charge in [0.15, 0.2) is 11.5 Å². The zero-order valence-electron chi connectivity index (χ0n) is 13.0. The molecule has 4 nitrogen and oxygen atoms in total. The predicted octanol–water partition coefficient (Wildman–Crippen LogP) is 6.78. The number of rotatable bonds is 4. The molecule has 0 saturated carbocycles. The van der Waals surface area contributed by atoms with Gasteiger partial charge >= 0.3 is 0 Å². The Bertz CT molecular complexity index is 841. The van der Waals surface area contributed by atoms with Gasteiger partial charge in [-0.1, -0.05) is 45.7 Å². The van der Waals surface area contributed by atoms with Crippen LogP contribution in [0.1, 0.15) is 25.0 Å². The van der Waals surface area contributed by atoms with Crippen molar-refractivity contribution < 1.29 is 9.47 Å². The summed E-state index contributed by atoms with van der Waals surface area (Å²) >= 11 is 13.8. The smallest absolute Gasteiger partial charge is 0.292 e. The van der Waals surface area contributed by atoms with Crippen molar-refractivity contribution in [3.8, 4) is 24.0 Å². The Morgan fingerprint density at radius 1 is 0.760 bits per heavy atom. The maximum Gasteiger partial charge on any atom is 0.292 e. The van der Waals surface area contributed by atoms with E-state index in [1.807, 2.05) is 26.0 Å². The molecular formula is C17H10Br4N2O2. The van der Waals surface area contributed by atoms with E-state index in [2.05, 4.69) is 63.7 Å². The molecule has 0 radical (unpaired) electrons. The van der Waals surface area contributed by atoms with Gasteiger partial charge in [-0.2, -0.15) is 0 Å². The monoisotopic (exact) mass is 590 g/mol. The highest BCUT2D eigenvalue weighted by molar-refractivity contribution is 9.11. The largest absolute Gasteiger partial charge is 0.386 e. The molecule has 0 heterocycles. The highest BCUT2D eigenvalue weighted by Crippen LogP contribution is 2.47. The van der Waals surface area contributed by atoms with Gasteiger partial charge < -0.3 is 9.47 Å². The first-order valence-electron chi connectivity index (χ1n) is 6.83. The number of nitrogens with zero attached hydrogens (tertiary/aromatic N) is 2. The van der Waals surface area contributed by atoms with E-state index in [-0.39, 0.29) is 0 Å². The molecule has 0 aromatic heterocycles. The fourth-order valence-electron chi connectivity index (χ4n) is 2.49. The molecule has 0 spiro atoms. The Hall–Kier alpha value is -1.06. The van der Waals surface area contributed by atoms with Crippen molar-refractivity contribution in [2.24, 2.45) is 0 Å². The molecule has 0 N–H and O–H groups in total. The molecule has 2 aromatic rings. The standard InChI is InChI=1S/C17H10Br4N2O2/c1-17(2,11-3-9(18)5-13(20)15(11)24-7-22)12-4-10(19)6-14(21)16(12)25-8-23/h3-6H,1-2H3. The number of benzene rings is 2. The van der Waals surface area contributed by atoms with Gasteiger partial charge in [0.05, 0.1) is 8.95 Å². The van der Waals surface area contributed by atoms with Crippen LogP contribution in [-0.4, -0.2) is 0 Å². The number of nitriles is 2. The Morgan fingerprint density at radius 2 is 1.12 bits per heavy atom. The lowest BCUT2D eigenvalue weighted by molar-refractivity contribution is 0.460. The molecule has 0 saturated heterocycles. The van der Waals surface area contributed by atoms with Crippen LogP contribution >= 0.6 is 63.7 Å². The quantitative estimate of drug-likeness (QED) is 0.367. The van der Waals surface area contributed by atoms with E-state index in [1.54, 1.807) is 24.6 Å². The minimum absolute atomic E-state index is 0.412.